The lowest BCUT2D eigenvalue weighted by Crippen LogP contribution is -2.56. The van der Waals surface area contributed by atoms with Gasteiger partial charge in [0.2, 0.25) is 5.91 Å². The number of rotatable bonds is 5. The first-order chi connectivity index (χ1) is 11.9. The second-order valence-corrected chi connectivity index (χ2v) is 6.56. The lowest BCUT2D eigenvalue weighted by atomic mass is 10.1. The second-order valence-electron chi connectivity index (χ2n) is 6.56. The van der Waals surface area contributed by atoms with Gasteiger partial charge < -0.3 is 10.0 Å². The molecule has 0 spiro atoms. The summed E-state index contributed by atoms with van der Waals surface area (Å²) >= 11 is 0. The predicted octanol–water partition coefficient (Wildman–Crippen LogP) is 1.83. The van der Waals surface area contributed by atoms with Gasteiger partial charge in [-0.25, -0.2) is 0 Å². The van der Waals surface area contributed by atoms with E-state index in [-0.39, 0.29) is 11.7 Å². The summed E-state index contributed by atoms with van der Waals surface area (Å²) in [5.41, 5.74) is 1.79. The quantitative estimate of drug-likeness (QED) is 0.830. The van der Waals surface area contributed by atoms with E-state index in [0.29, 0.717) is 12.1 Å². The Morgan fingerprint density at radius 1 is 1.04 bits per heavy atom. The molecule has 134 valence electrons. The van der Waals surface area contributed by atoms with Gasteiger partial charge in [-0.2, -0.15) is 0 Å². The smallest absolute Gasteiger partial charge is 0.246 e. The molecule has 0 bridgehead atoms. The van der Waals surface area contributed by atoms with Crippen LogP contribution in [0.2, 0.25) is 0 Å². The van der Waals surface area contributed by atoms with Crippen molar-refractivity contribution < 1.29 is 14.7 Å². The Bertz CT molecular complexity index is 652. The Kier molecular flexibility index (Phi) is 6.67. The zero-order chi connectivity index (χ0) is 18.4. The highest BCUT2D eigenvalue weighted by molar-refractivity contribution is 5.94. The maximum absolute atomic E-state index is 12.4. The van der Waals surface area contributed by atoms with Gasteiger partial charge in [0.05, 0.1) is 0 Å². The molecule has 5 nitrogen and oxygen atoms in total. The molecule has 1 aromatic carbocycles. The number of ketones is 1. The summed E-state index contributed by atoms with van der Waals surface area (Å²) in [4.78, 5) is 27.6. The van der Waals surface area contributed by atoms with Gasteiger partial charge in [0, 0.05) is 31.2 Å². The highest BCUT2D eigenvalue weighted by Gasteiger charge is 2.28. The Hall–Kier alpha value is -2.24. The van der Waals surface area contributed by atoms with Crippen LogP contribution in [0.4, 0.5) is 0 Å². The number of piperazine rings is 1. The molecule has 1 aromatic rings. The fraction of sp³-hybridized carbons (Fsp3) is 0.400. The van der Waals surface area contributed by atoms with Crippen LogP contribution < -0.4 is 0 Å². The molecular weight excluding hydrogens is 316 g/mol. The number of benzene rings is 1. The van der Waals surface area contributed by atoms with Crippen LogP contribution in [-0.4, -0.2) is 65.4 Å². The third-order valence-corrected chi connectivity index (χ3v) is 4.64. The Labute approximate surface area is 149 Å². The maximum atomic E-state index is 12.4. The van der Waals surface area contributed by atoms with Gasteiger partial charge in [0.15, 0.2) is 5.78 Å². The molecule has 1 heterocycles. The molecule has 0 unspecified atom stereocenters. The normalized spacial score (nSPS) is 22.0. The van der Waals surface area contributed by atoms with Crippen molar-refractivity contribution in [3.8, 4) is 0 Å². The minimum atomic E-state index is -0.483. The van der Waals surface area contributed by atoms with E-state index in [0.717, 1.165) is 24.2 Å². The van der Waals surface area contributed by atoms with Crippen molar-refractivity contribution in [2.45, 2.75) is 25.9 Å². The van der Waals surface area contributed by atoms with Crippen molar-refractivity contribution >= 4 is 23.8 Å². The van der Waals surface area contributed by atoms with Gasteiger partial charge in [0.1, 0.15) is 6.61 Å². The standard InChI is InChI=1S/C20H26N2O3/c1-15-12-22(13-16(2)21(15)3)20(25)11-9-18-6-4-17(5-7-18)8-10-19(24)14-23/h4-11,15-16,23H,12-14H2,1-3H3/b10-8+,11-9+/t15-,16+. The Morgan fingerprint density at radius 2 is 1.52 bits per heavy atom. The minimum Gasteiger partial charge on any atom is -0.388 e. The molecule has 1 aliphatic rings. The first-order valence-electron chi connectivity index (χ1n) is 8.51. The fourth-order valence-corrected chi connectivity index (χ4v) is 2.82. The number of carbonyl (C=O) groups is 2. The van der Waals surface area contributed by atoms with Crippen molar-refractivity contribution in [1.82, 2.24) is 9.80 Å². The molecule has 1 amide bonds. The molecular formula is C20H26N2O3. The monoisotopic (exact) mass is 342 g/mol. The van der Waals surface area contributed by atoms with Gasteiger partial charge >= 0.3 is 0 Å². The summed E-state index contributed by atoms with van der Waals surface area (Å²) in [5, 5.41) is 8.69. The highest BCUT2D eigenvalue weighted by Crippen LogP contribution is 2.14. The molecule has 2 atom stereocenters. The number of aliphatic hydroxyl groups excluding tert-OH is 1. The number of amides is 1. The molecule has 1 fully saturated rings. The van der Waals surface area contributed by atoms with E-state index in [2.05, 4.69) is 25.8 Å². The van der Waals surface area contributed by atoms with Gasteiger partial charge in [-0.05, 0) is 44.2 Å². The van der Waals surface area contributed by atoms with E-state index in [4.69, 9.17) is 5.11 Å². The predicted molar refractivity (Wildman–Crippen MR) is 99.9 cm³/mol. The number of aliphatic hydroxyl groups is 1. The molecule has 0 aromatic heterocycles. The van der Waals surface area contributed by atoms with Crippen molar-refractivity contribution in [2.75, 3.05) is 26.7 Å². The first-order valence-corrected chi connectivity index (χ1v) is 8.51. The topological polar surface area (TPSA) is 60.9 Å². The molecule has 1 N–H and O–H groups in total. The average Bonchev–Trinajstić information content (AvgIpc) is 2.62. The number of carbonyl (C=O) groups excluding carboxylic acids is 2. The van der Waals surface area contributed by atoms with Crippen LogP contribution in [0.25, 0.3) is 12.2 Å². The molecule has 1 saturated heterocycles. The number of hydrogen-bond donors (Lipinski definition) is 1. The lowest BCUT2D eigenvalue weighted by Gasteiger charge is -2.42. The first kappa shape index (κ1) is 19.1. The van der Waals surface area contributed by atoms with Gasteiger partial charge in [-0.1, -0.05) is 30.3 Å². The van der Waals surface area contributed by atoms with Crippen LogP contribution in [0.15, 0.2) is 36.4 Å². The molecule has 0 radical (unpaired) electrons. The van der Waals surface area contributed by atoms with Crippen molar-refractivity contribution in [3.63, 3.8) is 0 Å². The van der Waals surface area contributed by atoms with Crippen molar-refractivity contribution in [3.05, 3.63) is 47.5 Å². The molecule has 5 heteroatoms. The van der Waals surface area contributed by atoms with Crippen LogP contribution in [0.3, 0.4) is 0 Å². The third-order valence-electron chi connectivity index (χ3n) is 4.64. The highest BCUT2D eigenvalue weighted by atomic mass is 16.3. The summed E-state index contributed by atoms with van der Waals surface area (Å²) in [5.74, 6) is -0.297. The minimum absolute atomic E-state index is 0.0318. The van der Waals surface area contributed by atoms with E-state index in [1.165, 1.54) is 6.08 Å². The number of hydrogen-bond acceptors (Lipinski definition) is 4. The van der Waals surface area contributed by atoms with Gasteiger partial charge in [-0.15, -0.1) is 0 Å². The number of nitrogens with zero attached hydrogens (tertiary/aromatic N) is 2. The Balaban J connectivity index is 1.96. The van der Waals surface area contributed by atoms with E-state index in [1.807, 2.05) is 35.2 Å². The van der Waals surface area contributed by atoms with Gasteiger partial charge in [-0.3, -0.25) is 14.5 Å². The second kappa shape index (κ2) is 8.74. The van der Waals surface area contributed by atoms with E-state index in [9.17, 15) is 9.59 Å². The summed E-state index contributed by atoms with van der Waals surface area (Å²) in [6.07, 6.45) is 6.43. The van der Waals surface area contributed by atoms with Crippen LogP contribution in [0.1, 0.15) is 25.0 Å². The summed E-state index contributed by atoms with van der Waals surface area (Å²) in [7, 11) is 2.09. The molecule has 0 aliphatic carbocycles. The summed E-state index contributed by atoms with van der Waals surface area (Å²) in [6, 6.07) is 8.23. The summed E-state index contributed by atoms with van der Waals surface area (Å²) in [6.45, 7) is 5.27. The maximum Gasteiger partial charge on any atom is 0.246 e. The van der Waals surface area contributed by atoms with Crippen molar-refractivity contribution in [2.24, 2.45) is 0 Å². The third kappa shape index (κ3) is 5.37. The van der Waals surface area contributed by atoms with E-state index >= 15 is 0 Å². The molecule has 25 heavy (non-hydrogen) atoms. The lowest BCUT2D eigenvalue weighted by molar-refractivity contribution is -0.129. The zero-order valence-corrected chi connectivity index (χ0v) is 15.1. The number of likely N-dealkylation sites (N-methyl/N-ethyl adjacent to an activating group) is 1. The van der Waals surface area contributed by atoms with E-state index in [1.54, 1.807) is 12.2 Å². The molecule has 1 aliphatic heterocycles. The summed E-state index contributed by atoms with van der Waals surface area (Å²) < 4.78 is 0. The largest absolute Gasteiger partial charge is 0.388 e. The SMILES string of the molecule is C[C@@H]1CN(C(=O)/C=C/c2ccc(/C=C/C(=O)CO)cc2)C[C@H](C)N1C. The van der Waals surface area contributed by atoms with Crippen LogP contribution in [0, 0.1) is 0 Å². The van der Waals surface area contributed by atoms with E-state index < -0.39 is 6.61 Å². The fourth-order valence-electron chi connectivity index (χ4n) is 2.82. The van der Waals surface area contributed by atoms with Crippen LogP contribution in [0.5, 0.6) is 0 Å². The van der Waals surface area contributed by atoms with Gasteiger partial charge in [0.25, 0.3) is 0 Å². The van der Waals surface area contributed by atoms with Crippen LogP contribution >= 0.6 is 0 Å². The molecule has 0 saturated carbocycles. The van der Waals surface area contributed by atoms with Crippen molar-refractivity contribution in [1.29, 1.82) is 0 Å². The Morgan fingerprint density at radius 3 is 2.00 bits per heavy atom. The zero-order valence-electron chi connectivity index (χ0n) is 15.1. The average molecular weight is 342 g/mol. The molecule has 2 rings (SSSR count). The van der Waals surface area contributed by atoms with Crippen LogP contribution in [-0.2, 0) is 9.59 Å².